The predicted octanol–water partition coefficient (Wildman–Crippen LogP) is 2.23. The summed E-state index contributed by atoms with van der Waals surface area (Å²) in [5.74, 6) is 1.58. The maximum atomic E-state index is 6.06. The minimum atomic E-state index is 0.131. The van der Waals surface area contributed by atoms with Crippen LogP contribution in [0.5, 0.6) is 5.75 Å². The number of nitrogens with one attached hydrogen (secondary N) is 1. The Hall–Kier alpha value is -1.68. The molecule has 0 saturated carbocycles. The van der Waals surface area contributed by atoms with E-state index in [0.29, 0.717) is 0 Å². The van der Waals surface area contributed by atoms with E-state index in [2.05, 4.69) is 32.3 Å². The largest absolute Gasteiger partial charge is 0.497 e. The molecule has 4 nitrogen and oxygen atoms in total. The Bertz CT molecular complexity index is 445. The van der Waals surface area contributed by atoms with Crippen molar-refractivity contribution in [1.29, 1.82) is 0 Å². The maximum Gasteiger partial charge on any atom is 0.119 e. The molecule has 3 N–H and O–H groups in total. The molecule has 1 aliphatic rings. The Morgan fingerprint density at radius 2 is 1.83 bits per heavy atom. The highest BCUT2D eigenvalue weighted by Crippen LogP contribution is 2.29. The molecule has 98 valence electrons. The van der Waals surface area contributed by atoms with Gasteiger partial charge in [-0.3, -0.25) is 5.01 Å². The lowest BCUT2D eigenvalue weighted by molar-refractivity contribution is 0.326. The number of nitrogens with zero attached hydrogens (tertiary/aromatic N) is 1. The highest BCUT2D eigenvalue weighted by molar-refractivity contribution is 5.54. The fourth-order valence-electron chi connectivity index (χ4n) is 1.89. The second-order valence-corrected chi connectivity index (χ2v) is 5.60. The van der Waals surface area contributed by atoms with E-state index in [9.17, 15) is 0 Å². The molecule has 1 aromatic rings. The van der Waals surface area contributed by atoms with Gasteiger partial charge in [-0.25, -0.2) is 5.43 Å². The average molecular weight is 247 g/mol. The van der Waals surface area contributed by atoms with E-state index in [4.69, 9.17) is 10.5 Å². The lowest BCUT2D eigenvalue weighted by Crippen LogP contribution is -2.44. The highest BCUT2D eigenvalue weighted by Gasteiger charge is 2.30. The van der Waals surface area contributed by atoms with E-state index in [1.54, 1.807) is 7.11 Å². The Morgan fingerprint density at radius 3 is 2.28 bits per heavy atom. The molecule has 0 radical (unpaired) electrons. The van der Waals surface area contributed by atoms with Gasteiger partial charge in [0, 0.05) is 0 Å². The normalized spacial score (nSPS) is 19.9. The third-order valence-electron chi connectivity index (χ3n) is 3.13. The molecule has 1 aromatic carbocycles. The van der Waals surface area contributed by atoms with Crippen LogP contribution in [0.25, 0.3) is 0 Å². The third kappa shape index (κ3) is 2.43. The Kier molecular flexibility index (Phi) is 3.22. The van der Waals surface area contributed by atoms with Gasteiger partial charge in [-0.1, -0.05) is 20.8 Å². The minimum absolute atomic E-state index is 0.131. The predicted molar refractivity (Wildman–Crippen MR) is 74.1 cm³/mol. The number of benzene rings is 1. The Labute approximate surface area is 108 Å². The van der Waals surface area contributed by atoms with Gasteiger partial charge in [0.1, 0.15) is 11.6 Å². The zero-order valence-corrected chi connectivity index (χ0v) is 11.4. The number of hydrogen-bond acceptors (Lipinski definition) is 4. The van der Waals surface area contributed by atoms with Gasteiger partial charge in [0.05, 0.1) is 18.8 Å². The van der Waals surface area contributed by atoms with E-state index < -0.39 is 0 Å². The zero-order chi connectivity index (χ0) is 13.3. The summed E-state index contributed by atoms with van der Waals surface area (Å²) in [6, 6.07) is 8.05. The monoisotopic (exact) mass is 247 g/mol. The lowest BCUT2D eigenvalue weighted by Gasteiger charge is -2.29. The van der Waals surface area contributed by atoms with Gasteiger partial charge >= 0.3 is 0 Å². The van der Waals surface area contributed by atoms with Crippen LogP contribution >= 0.6 is 0 Å². The number of hydrogen-bond donors (Lipinski definition) is 2. The summed E-state index contributed by atoms with van der Waals surface area (Å²) in [5.41, 5.74) is 10.6. The molecule has 4 heteroatoms. The van der Waals surface area contributed by atoms with Crippen molar-refractivity contribution in [2.24, 2.45) is 11.1 Å². The molecule has 0 amide bonds. The van der Waals surface area contributed by atoms with E-state index in [1.807, 2.05) is 29.3 Å². The maximum absolute atomic E-state index is 6.06. The van der Waals surface area contributed by atoms with Gasteiger partial charge in [-0.2, -0.15) is 0 Å². The standard InChI is InChI=1S/C14H21N3O/c1-14(2,3)12-9-13(15)17(16-12)10-5-7-11(18-4)8-6-10/h5-9,12,16H,15H2,1-4H3. The average Bonchev–Trinajstić information content (AvgIpc) is 2.71. The van der Waals surface area contributed by atoms with Crippen molar-refractivity contribution in [3.63, 3.8) is 0 Å². The molecule has 2 rings (SSSR count). The van der Waals surface area contributed by atoms with Crippen molar-refractivity contribution in [3.05, 3.63) is 36.2 Å². The van der Waals surface area contributed by atoms with Crippen LogP contribution in [0.3, 0.4) is 0 Å². The SMILES string of the molecule is COc1ccc(N2NC(C(C)(C)C)C=C2N)cc1. The number of rotatable bonds is 2. The van der Waals surface area contributed by atoms with Gasteiger partial charge < -0.3 is 10.5 Å². The van der Waals surface area contributed by atoms with Crippen LogP contribution < -0.4 is 20.9 Å². The summed E-state index contributed by atoms with van der Waals surface area (Å²) in [5, 5.41) is 1.91. The van der Waals surface area contributed by atoms with Gasteiger partial charge in [-0.15, -0.1) is 0 Å². The van der Waals surface area contributed by atoms with Crippen LogP contribution in [0.2, 0.25) is 0 Å². The van der Waals surface area contributed by atoms with Crippen LogP contribution in [-0.2, 0) is 0 Å². The van der Waals surface area contributed by atoms with Crippen molar-refractivity contribution < 1.29 is 4.74 Å². The van der Waals surface area contributed by atoms with E-state index in [0.717, 1.165) is 17.3 Å². The second kappa shape index (κ2) is 4.53. The molecule has 0 aromatic heterocycles. The number of hydrazine groups is 1. The Balaban J connectivity index is 2.18. The summed E-state index contributed by atoms with van der Waals surface area (Å²) in [6.45, 7) is 6.56. The van der Waals surface area contributed by atoms with Crippen LogP contribution in [0.4, 0.5) is 5.69 Å². The van der Waals surface area contributed by atoms with Crippen LogP contribution in [0.1, 0.15) is 20.8 Å². The summed E-state index contributed by atoms with van der Waals surface area (Å²) in [4.78, 5) is 0. The number of methoxy groups -OCH3 is 1. The summed E-state index contributed by atoms with van der Waals surface area (Å²) < 4.78 is 5.15. The topological polar surface area (TPSA) is 50.5 Å². The fraction of sp³-hybridized carbons (Fsp3) is 0.429. The van der Waals surface area contributed by atoms with Crippen molar-refractivity contribution in [1.82, 2.24) is 5.43 Å². The number of nitrogens with two attached hydrogens (primary N) is 1. The lowest BCUT2D eigenvalue weighted by atomic mass is 9.87. The van der Waals surface area contributed by atoms with Crippen molar-refractivity contribution >= 4 is 5.69 Å². The van der Waals surface area contributed by atoms with Crippen molar-refractivity contribution in [2.45, 2.75) is 26.8 Å². The molecular weight excluding hydrogens is 226 g/mol. The van der Waals surface area contributed by atoms with Gasteiger partial charge in [0.2, 0.25) is 0 Å². The molecule has 0 fully saturated rings. The number of anilines is 1. The highest BCUT2D eigenvalue weighted by atomic mass is 16.5. The molecule has 18 heavy (non-hydrogen) atoms. The quantitative estimate of drug-likeness (QED) is 0.841. The van der Waals surface area contributed by atoms with Crippen LogP contribution in [0, 0.1) is 5.41 Å². The molecule has 0 spiro atoms. The van der Waals surface area contributed by atoms with Crippen LogP contribution in [-0.4, -0.2) is 13.2 Å². The summed E-state index contributed by atoms with van der Waals surface area (Å²) in [7, 11) is 1.66. The van der Waals surface area contributed by atoms with Crippen molar-refractivity contribution in [2.75, 3.05) is 12.1 Å². The number of ether oxygens (including phenoxy) is 1. The molecular formula is C14H21N3O. The first-order valence-electron chi connectivity index (χ1n) is 6.09. The smallest absolute Gasteiger partial charge is 0.119 e. The third-order valence-corrected chi connectivity index (χ3v) is 3.13. The first-order chi connectivity index (χ1) is 8.41. The zero-order valence-electron chi connectivity index (χ0n) is 11.4. The van der Waals surface area contributed by atoms with E-state index >= 15 is 0 Å². The molecule has 0 saturated heterocycles. The molecule has 1 aliphatic heterocycles. The molecule has 0 bridgehead atoms. The summed E-state index contributed by atoms with van der Waals surface area (Å²) in [6.07, 6.45) is 2.06. The van der Waals surface area contributed by atoms with Gasteiger partial charge in [-0.05, 0) is 35.8 Å². The fourth-order valence-corrected chi connectivity index (χ4v) is 1.89. The minimum Gasteiger partial charge on any atom is -0.497 e. The van der Waals surface area contributed by atoms with E-state index in [1.165, 1.54) is 0 Å². The molecule has 1 heterocycles. The van der Waals surface area contributed by atoms with E-state index in [-0.39, 0.29) is 11.5 Å². The van der Waals surface area contributed by atoms with Crippen LogP contribution in [0.15, 0.2) is 36.2 Å². The van der Waals surface area contributed by atoms with Gasteiger partial charge in [0.15, 0.2) is 0 Å². The molecule has 0 aliphatic carbocycles. The first-order valence-corrected chi connectivity index (χ1v) is 6.09. The van der Waals surface area contributed by atoms with Gasteiger partial charge in [0.25, 0.3) is 0 Å². The second-order valence-electron chi connectivity index (χ2n) is 5.60. The van der Waals surface area contributed by atoms with Crippen molar-refractivity contribution in [3.8, 4) is 5.75 Å². The Morgan fingerprint density at radius 1 is 1.22 bits per heavy atom. The molecule has 1 atom stereocenters. The molecule has 1 unspecified atom stereocenters. The first kappa shape index (κ1) is 12.8. The summed E-state index contributed by atoms with van der Waals surface area (Å²) >= 11 is 0.